The third kappa shape index (κ3) is 6.01. The van der Waals surface area contributed by atoms with Crippen molar-refractivity contribution in [3.8, 4) is 0 Å². The van der Waals surface area contributed by atoms with Gasteiger partial charge in [-0.2, -0.15) is 0 Å². The van der Waals surface area contributed by atoms with Crippen molar-refractivity contribution in [2.75, 3.05) is 6.54 Å². The van der Waals surface area contributed by atoms with E-state index < -0.39 is 11.8 Å². The molecule has 2 aromatic rings. The van der Waals surface area contributed by atoms with Crippen molar-refractivity contribution in [3.63, 3.8) is 0 Å². The number of hydrazine groups is 1. The van der Waals surface area contributed by atoms with E-state index in [0.29, 0.717) is 10.6 Å². The van der Waals surface area contributed by atoms with Crippen molar-refractivity contribution < 1.29 is 14.4 Å². The van der Waals surface area contributed by atoms with Gasteiger partial charge in [0.1, 0.15) is 0 Å². The van der Waals surface area contributed by atoms with Gasteiger partial charge in [-0.15, -0.1) is 0 Å². The number of nitrogens with one attached hydrogen (secondary N) is 3. The molecule has 9 heteroatoms. The molecule has 0 bridgehead atoms. The van der Waals surface area contributed by atoms with Crippen molar-refractivity contribution in [2.24, 2.45) is 0 Å². The van der Waals surface area contributed by atoms with Crippen LogP contribution in [0.2, 0.25) is 10.0 Å². The number of carbonyl (C=O) groups excluding carboxylic acids is 3. The van der Waals surface area contributed by atoms with E-state index in [4.69, 9.17) is 23.2 Å². The van der Waals surface area contributed by atoms with Crippen LogP contribution < -0.4 is 16.2 Å². The van der Waals surface area contributed by atoms with Crippen LogP contribution in [-0.2, 0) is 4.79 Å². The summed E-state index contributed by atoms with van der Waals surface area (Å²) in [5.41, 5.74) is 5.12. The van der Waals surface area contributed by atoms with Crippen LogP contribution in [0.4, 0.5) is 0 Å². The maximum atomic E-state index is 12.0. The molecule has 2 aromatic carbocycles. The monoisotopic (exact) mass is 457 g/mol. The molecule has 136 valence electrons. The van der Waals surface area contributed by atoms with Gasteiger partial charge in [0.2, 0.25) is 5.91 Å². The smallest absolute Gasteiger partial charge is 0.271 e. The van der Waals surface area contributed by atoms with E-state index in [0.717, 1.165) is 4.47 Å². The topological polar surface area (TPSA) is 87.3 Å². The summed E-state index contributed by atoms with van der Waals surface area (Å²) in [7, 11) is 0. The predicted molar refractivity (Wildman–Crippen MR) is 103 cm³/mol. The van der Waals surface area contributed by atoms with Crippen LogP contribution in [0.5, 0.6) is 0 Å². The van der Waals surface area contributed by atoms with Crippen LogP contribution in [0.1, 0.15) is 27.1 Å². The van der Waals surface area contributed by atoms with Crippen LogP contribution in [0.3, 0.4) is 0 Å². The Labute approximate surface area is 168 Å². The van der Waals surface area contributed by atoms with Crippen molar-refractivity contribution in [3.05, 3.63) is 68.1 Å². The zero-order valence-corrected chi connectivity index (χ0v) is 16.4. The largest absolute Gasteiger partial charge is 0.352 e. The lowest BCUT2D eigenvalue weighted by molar-refractivity contribution is -0.121. The lowest BCUT2D eigenvalue weighted by atomic mass is 10.2. The Balaban J connectivity index is 1.75. The molecule has 2 rings (SSSR count). The van der Waals surface area contributed by atoms with Crippen molar-refractivity contribution in [1.29, 1.82) is 0 Å². The lowest BCUT2D eigenvalue weighted by Gasteiger charge is -2.09. The number of rotatable bonds is 5. The number of halogens is 3. The summed E-state index contributed by atoms with van der Waals surface area (Å²) in [6.07, 6.45) is -0.00811. The van der Waals surface area contributed by atoms with Gasteiger partial charge in [-0.1, -0.05) is 39.1 Å². The highest BCUT2D eigenvalue weighted by atomic mass is 79.9. The summed E-state index contributed by atoms with van der Waals surface area (Å²) < 4.78 is 0.865. The number of hydrogen-bond donors (Lipinski definition) is 3. The molecular formula is C17H14BrCl2N3O3. The summed E-state index contributed by atoms with van der Waals surface area (Å²) in [5, 5.41) is 3.18. The van der Waals surface area contributed by atoms with Gasteiger partial charge in [0, 0.05) is 28.0 Å². The van der Waals surface area contributed by atoms with E-state index in [1.54, 1.807) is 30.3 Å². The fourth-order valence-corrected chi connectivity index (χ4v) is 2.56. The molecule has 0 spiro atoms. The van der Waals surface area contributed by atoms with Crippen molar-refractivity contribution in [2.45, 2.75) is 6.42 Å². The minimum Gasteiger partial charge on any atom is -0.352 e. The second kappa shape index (κ2) is 9.56. The third-order valence-corrected chi connectivity index (χ3v) is 4.33. The Morgan fingerprint density at radius 2 is 1.62 bits per heavy atom. The average molecular weight is 459 g/mol. The molecule has 3 N–H and O–H groups in total. The molecule has 0 unspecified atom stereocenters. The van der Waals surface area contributed by atoms with Crippen LogP contribution >= 0.6 is 39.1 Å². The highest BCUT2D eigenvalue weighted by Gasteiger charge is 2.12. The van der Waals surface area contributed by atoms with Gasteiger partial charge in [0.15, 0.2) is 0 Å². The Bertz CT molecular complexity index is 829. The first kappa shape index (κ1) is 20.2. The molecule has 0 aliphatic heterocycles. The summed E-state index contributed by atoms with van der Waals surface area (Å²) in [6, 6.07) is 11.2. The molecule has 0 heterocycles. The second-order valence-electron chi connectivity index (χ2n) is 5.14. The molecule has 6 nitrogen and oxygen atoms in total. The van der Waals surface area contributed by atoms with Crippen LogP contribution in [0.15, 0.2) is 46.9 Å². The second-order valence-corrected chi connectivity index (χ2v) is 6.90. The van der Waals surface area contributed by atoms with Crippen molar-refractivity contribution >= 4 is 56.9 Å². The predicted octanol–water partition coefficient (Wildman–Crippen LogP) is 3.34. The first-order chi connectivity index (χ1) is 12.4. The average Bonchev–Trinajstić information content (AvgIpc) is 2.62. The van der Waals surface area contributed by atoms with Gasteiger partial charge in [0.25, 0.3) is 11.8 Å². The number of carbonyl (C=O) groups is 3. The zero-order valence-electron chi connectivity index (χ0n) is 13.3. The van der Waals surface area contributed by atoms with Gasteiger partial charge in [-0.05, 0) is 42.5 Å². The van der Waals surface area contributed by atoms with Crippen LogP contribution in [0, 0.1) is 0 Å². The van der Waals surface area contributed by atoms with E-state index in [-0.39, 0.29) is 29.5 Å². The third-order valence-electron chi connectivity index (χ3n) is 3.23. The first-order valence-corrected chi connectivity index (χ1v) is 8.99. The maximum Gasteiger partial charge on any atom is 0.271 e. The highest BCUT2D eigenvalue weighted by molar-refractivity contribution is 9.10. The van der Waals surface area contributed by atoms with E-state index in [1.165, 1.54) is 12.1 Å². The zero-order chi connectivity index (χ0) is 19.1. The summed E-state index contributed by atoms with van der Waals surface area (Å²) >= 11 is 15.0. The molecule has 0 aromatic heterocycles. The first-order valence-electron chi connectivity index (χ1n) is 7.45. The molecule has 0 aliphatic carbocycles. The Morgan fingerprint density at radius 1 is 0.923 bits per heavy atom. The van der Waals surface area contributed by atoms with E-state index in [9.17, 15) is 14.4 Å². The summed E-state index contributed by atoms with van der Waals surface area (Å²) in [5.74, 6) is -1.35. The molecule has 26 heavy (non-hydrogen) atoms. The molecule has 0 saturated carbocycles. The van der Waals surface area contributed by atoms with Crippen LogP contribution in [-0.4, -0.2) is 24.3 Å². The van der Waals surface area contributed by atoms with E-state index in [1.807, 2.05) is 0 Å². The summed E-state index contributed by atoms with van der Waals surface area (Å²) in [4.78, 5) is 35.6. The molecule has 3 amide bonds. The van der Waals surface area contributed by atoms with E-state index >= 15 is 0 Å². The SMILES string of the molecule is O=C(CCNC(=O)c1ccc(Br)cc1)NNC(=O)c1cc(Cl)ccc1Cl. The highest BCUT2D eigenvalue weighted by Crippen LogP contribution is 2.20. The minimum atomic E-state index is -0.593. The van der Waals surface area contributed by atoms with Gasteiger partial charge >= 0.3 is 0 Å². The minimum absolute atomic E-state index is 0.00811. The Kier molecular flexibility index (Phi) is 7.44. The van der Waals surface area contributed by atoms with Gasteiger partial charge in [-0.3, -0.25) is 25.2 Å². The number of benzene rings is 2. The number of amides is 3. The van der Waals surface area contributed by atoms with Gasteiger partial charge in [-0.25, -0.2) is 0 Å². The fourth-order valence-electron chi connectivity index (χ4n) is 1.92. The quantitative estimate of drug-likeness (QED) is 0.600. The molecule has 0 radical (unpaired) electrons. The Morgan fingerprint density at radius 3 is 2.31 bits per heavy atom. The normalized spacial score (nSPS) is 10.1. The van der Waals surface area contributed by atoms with Crippen LogP contribution in [0.25, 0.3) is 0 Å². The molecule has 0 saturated heterocycles. The fraction of sp³-hybridized carbons (Fsp3) is 0.118. The van der Waals surface area contributed by atoms with Gasteiger partial charge < -0.3 is 5.32 Å². The lowest BCUT2D eigenvalue weighted by Crippen LogP contribution is -2.42. The Hall–Kier alpha value is -2.09. The van der Waals surface area contributed by atoms with Gasteiger partial charge in [0.05, 0.1) is 10.6 Å². The summed E-state index contributed by atoms with van der Waals surface area (Å²) in [6.45, 7) is 0.120. The van der Waals surface area contributed by atoms with E-state index in [2.05, 4.69) is 32.1 Å². The molecule has 0 aliphatic rings. The van der Waals surface area contributed by atoms with Crippen molar-refractivity contribution in [1.82, 2.24) is 16.2 Å². The number of hydrogen-bond acceptors (Lipinski definition) is 3. The molecule has 0 atom stereocenters. The molecule has 0 fully saturated rings. The standard InChI is InChI=1S/C17H14BrCl2N3O3/c18-11-3-1-10(2-4-11)16(25)21-8-7-15(24)22-23-17(26)13-9-12(19)5-6-14(13)20/h1-6,9H,7-8H2,(H,21,25)(H,22,24)(H,23,26). The molecular weight excluding hydrogens is 445 g/mol. The maximum absolute atomic E-state index is 12.0.